The van der Waals surface area contributed by atoms with Crippen LogP contribution >= 0.6 is 11.3 Å². The zero-order chi connectivity index (χ0) is 12.9. The number of rotatable bonds is 7. The molecule has 0 amide bonds. The van der Waals surface area contributed by atoms with Crippen LogP contribution in [-0.4, -0.2) is 28.3 Å². The summed E-state index contributed by atoms with van der Waals surface area (Å²) < 4.78 is 0. The Bertz CT molecular complexity index is 363. The average molecular weight is 257 g/mol. The smallest absolute Gasteiger partial charge is 0.346 e. The number of hydrogen-bond donors (Lipinski definition) is 3. The fourth-order valence-corrected chi connectivity index (χ4v) is 2.49. The summed E-state index contributed by atoms with van der Waals surface area (Å²) in [6.07, 6.45) is 1.62. The highest BCUT2D eigenvalue weighted by Crippen LogP contribution is 2.20. The minimum absolute atomic E-state index is 0.0620. The lowest BCUT2D eigenvalue weighted by molar-refractivity contribution is 0.0700. The summed E-state index contributed by atoms with van der Waals surface area (Å²) in [5, 5.41) is 23.4. The maximum atomic E-state index is 10.9. The molecule has 96 valence electrons. The first kappa shape index (κ1) is 14.2. The quantitative estimate of drug-likeness (QED) is 0.699. The van der Waals surface area contributed by atoms with Crippen LogP contribution in [0.5, 0.6) is 0 Å². The molecule has 0 aliphatic carbocycles. The van der Waals surface area contributed by atoms with Gasteiger partial charge in [-0.1, -0.05) is 13.8 Å². The largest absolute Gasteiger partial charge is 0.477 e. The van der Waals surface area contributed by atoms with E-state index in [9.17, 15) is 9.90 Å². The molecule has 0 spiro atoms. The van der Waals surface area contributed by atoms with Crippen LogP contribution in [0.15, 0.2) is 11.4 Å². The van der Waals surface area contributed by atoms with E-state index in [-0.39, 0.29) is 12.1 Å². The third-order valence-electron chi connectivity index (χ3n) is 3.25. The summed E-state index contributed by atoms with van der Waals surface area (Å²) in [5.74, 6) is -0.889. The first-order valence-corrected chi connectivity index (χ1v) is 6.62. The Morgan fingerprint density at radius 2 is 2.12 bits per heavy atom. The molecule has 1 rings (SSSR count). The number of aliphatic hydroxyl groups is 1. The van der Waals surface area contributed by atoms with Crippen molar-refractivity contribution in [3.63, 3.8) is 0 Å². The number of aliphatic hydroxyl groups excluding tert-OH is 1. The number of aromatic carboxylic acids is 1. The Hall–Kier alpha value is -0.910. The van der Waals surface area contributed by atoms with Gasteiger partial charge < -0.3 is 15.5 Å². The number of thiophene rings is 1. The lowest BCUT2D eigenvalue weighted by atomic mass is 9.93. The van der Waals surface area contributed by atoms with E-state index in [1.807, 2.05) is 19.9 Å². The summed E-state index contributed by atoms with van der Waals surface area (Å²) in [4.78, 5) is 11.3. The molecule has 1 aromatic heterocycles. The third-order valence-corrected chi connectivity index (χ3v) is 4.20. The van der Waals surface area contributed by atoms with Gasteiger partial charge in [-0.3, -0.25) is 0 Å². The van der Waals surface area contributed by atoms with Crippen LogP contribution in [0.2, 0.25) is 0 Å². The van der Waals surface area contributed by atoms with Gasteiger partial charge >= 0.3 is 5.97 Å². The van der Waals surface area contributed by atoms with Crippen molar-refractivity contribution in [1.82, 2.24) is 5.32 Å². The van der Waals surface area contributed by atoms with E-state index < -0.39 is 5.97 Å². The SMILES string of the molecule is CCC(CC)(CO)NCc1ccsc1C(=O)O. The van der Waals surface area contributed by atoms with Crippen molar-refractivity contribution in [1.29, 1.82) is 0 Å². The highest BCUT2D eigenvalue weighted by atomic mass is 32.1. The minimum atomic E-state index is -0.889. The van der Waals surface area contributed by atoms with E-state index in [1.165, 1.54) is 11.3 Å². The molecule has 0 unspecified atom stereocenters. The molecular formula is C12H19NO3S. The summed E-state index contributed by atoms with van der Waals surface area (Å²) in [6.45, 7) is 4.57. The molecular weight excluding hydrogens is 238 g/mol. The van der Waals surface area contributed by atoms with E-state index in [2.05, 4.69) is 5.32 Å². The molecule has 0 radical (unpaired) electrons. The van der Waals surface area contributed by atoms with Crippen LogP contribution in [0.1, 0.15) is 41.9 Å². The summed E-state index contributed by atoms with van der Waals surface area (Å²) in [5.41, 5.74) is 0.472. The van der Waals surface area contributed by atoms with Gasteiger partial charge in [0.25, 0.3) is 0 Å². The Morgan fingerprint density at radius 3 is 2.59 bits per heavy atom. The Balaban J connectivity index is 2.72. The Morgan fingerprint density at radius 1 is 1.47 bits per heavy atom. The fourth-order valence-electron chi connectivity index (χ4n) is 1.72. The van der Waals surface area contributed by atoms with Crippen molar-refractivity contribution in [2.45, 2.75) is 38.8 Å². The Labute approximate surface area is 105 Å². The zero-order valence-corrected chi connectivity index (χ0v) is 11.0. The molecule has 0 aliphatic heterocycles. The second-order valence-electron chi connectivity index (χ2n) is 4.08. The molecule has 17 heavy (non-hydrogen) atoms. The molecule has 1 aromatic rings. The van der Waals surface area contributed by atoms with Crippen molar-refractivity contribution in [2.24, 2.45) is 0 Å². The van der Waals surface area contributed by atoms with Crippen LogP contribution in [0.4, 0.5) is 0 Å². The molecule has 0 aliphatic rings. The second kappa shape index (κ2) is 6.14. The number of carbonyl (C=O) groups is 1. The number of carboxylic acids is 1. The van der Waals surface area contributed by atoms with Crippen LogP contribution < -0.4 is 5.32 Å². The molecule has 5 heteroatoms. The van der Waals surface area contributed by atoms with Crippen molar-refractivity contribution in [2.75, 3.05) is 6.61 Å². The first-order valence-electron chi connectivity index (χ1n) is 5.74. The molecule has 0 bridgehead atoms. The van der Waals surface area contributed by atoms with E-state index in [4.69, 9.17) is 5.11 Å². The molecule has 0 fully saturated rings. The van der Waals surface area contributed by atoms with Gasteiger partial charge in [0.05, 0.1) is 6.61 Å². The molecule has 0 saturated carbocycles. The van der Waals surface area contributed by atoms with Crippen LogP contribution in [-0.2, 0) is 6.54 Å². The van der Waals surface area contributed by atoms with Crippen LogP contribution in [0.3, 0.4) is 0 Å². The minimum Gasteiger partial charge on any atom is -0.477 e. The molecule has 0 aromatic carbocycles. The van der Waals surface area contributed by atoms with Gasteiger partial charge in [0.15, 0.2) is 0 Å². The average Bonchev–Trinajstić information content (AvgIpc) is 2.80. The molecule has 0 atom stereocenters. The topological polar surface area (TPSA) is 69.6 Å². The van der Waals surface area contributed by atoms with Gasteiger partial charge in [0.1, 0.15) is 4.88 Å². The predicted molar refractivity (Wildman–Crippen MR) is 68.5 cm³/mol. The first-order chi connectivity index (χ1) is 8.08. The van der Waals surface area contributed by atoms with Crippen LogP contribution in [0.25, 0.3) is 0 Å². The van der Waals surface area contributed by atoms with Gasteiger partial charge in [-0.2, -0.15) is 0 Å². The van der Waals surface area contributed by atoms with Gasteiger partial charge in [-0.15, -0.1) is 11.3 Å². The molecule has 1 heterocycles. The maximum Gasteiger partial charge on any atom is 0.346 e. The van der Waals surface area contributed by atoms with Crippen molar-refractivity contribution in [3.05, 3.63) is 21.9 Å². The van der Waals surface area contributed by atoms with E-state index in [0.29, 0.717) is 11.4 Å². The van der Waals surface area contributed by atoms with Gasteiger partial charge in [0, 0.05) is 12.1 Å². The second-order valence-corrected chi connectivity index (χ2v) is 5.00. The number of carboxylic acid groups (broad SMARTS) is 1. The zero-order valence-electron chi connectivity index (χ0n) is 10.2. The van der Waals surface area contributed by atoms with Crippen molar-refractivity contribution >= 4 is 17.3 Å². The summed E-state index contributed by atoms with van der Waals surface area (Å²) >= 11 is 1.23. The normalized spacial score (nSPS) is 11.7. The van der Waals surface area contributed by atoms with Gasteiger partial charge in [-0.25, -0.2) is 4.79 Å². The maximum absolute atomic E-state index is 10.9. The van der Waals surface area contributed by atoms with Crippen LogP contribution in [0, 0.1) is 0 Å². The highest BCUT2D eigenvalue weighted by molar-refractivity contribution is 7.12. The fraction of sp³-hybridized carbons (Fsp3) is 0.583. The van der Waals surface area contributed by atoms with E-state index in [1.54, 1.807) is 5.38 Å². The summed E-state index contributed by atoms with van der Waals surface area (Å²) in [6, 6.07) is 1.81. The number of nitrogens with one attached hydrogen (secondary N) is 1. The monoisotopic (exact) mass is 257 g/mol. The lowest BCUT2D eigenvalue weighted by Crippen LogP contribution is -2.47. The molecule has 4 nitrogen and oxygen atoms in total. The predicted octanol–water partition coefficient (Wildman–Crippen LogP) is 2.09. The summed E-state index contributed by atoms with van der Waals surface area (Å²) in [7, 11) is 0. The lowest BCUT2D eigenvalue weighted by Gasteiger charge is -2.30. The van der Waals surface area contributed by atoms with Crippen molar-refractivity contribution in [3.8, 4) is 0 Å². The standard InChI is InChI=1S/C12H19NO3S/c1-3-12(4-2,8-14)13-7-9-5-6-17-10(9)11(15)16/h5-6,13-14H,3-4,7-8H2,1-2H3,(H,15,16). The molecule has 3 N–H and O–H groups in total. The van der Waals surface area contributed by atoms with Crippen molar-refractivity contribution < 1.29 is 15.0 Å². The third kappa shape index (κ3) is 3.28. The number of hydrogen-bond acceptors (Lipinski definition) is 4. The van der Waals surface area contributed by atoms with E-state index in [0.717, 1.165) is 18.4 Å². The van der Waals surface area contributed by atoms with Gasteiger partial charge in [0.2, 0.25) is 0 Å². The van der Waals surface area contributed by atoms with Gasteiger partial charge in [-0.05, 0) is 29.9 Å². The Kier molecular flexibility index (Phi) is 5.11. The van der Waals surface area contributed by atoms with E-state index >= 15 is 0 Å². The molecule has 0 saturated heterocycles. The highest BCUT2D eigenvalue weighted by Gasteiger charge is 2.25.